The Balaban J connectivity index is 2.22. The lowest BCUT2D eigenvalue weighted by Gasteiger charge is -2.24. The number of benzene rings is 1. The molecule has 3 unspecified atom stereocenters. The number of hydrogen-bond acceptors (Lipinski definition) is 3. The summed E-state index contributed by atoms with van der Waals surface area (Å²) in [6.45, 7) is 4.43. The highest BCUT2D eigenvalue weighted by Gasteiger charge is 2.36. The molecule has 1 N–H and O–H groups in total. The molecular weight excluding hydrogens is 260 g/mol. The summed E-state index contributed by atoms with van der Waals surface area (Å²) in [4.78, 5) is 13.9. The first-order chi connectivity index (χ1) is 8.99. The van der Waals surface area contributed by atoms with Crippen LogP contribution in [0.3, 0.4) is 0 Å². The number of amides is 1. The van der Waals surface area contributed by atoms with Crippen molar-refractivity contribution in [1.29, 1.82) is 0 Å². The molecule has 104 valence electrons. The summed E-state index contributed by atoms with van der Waals surface area (Å²) >= 11 is 0. The first-order valence-corrected chi connectivity index (χ1v) is 8.15. The number of carbonyl (C=O) groups excluding carboxylic acids is 1. The van der Waals surface area contributed by atoms with Crippen LogP contribution in [0.4, 0.5) is 0 Å². The van der Waals surface area contributed by atoms with Crippen LogP contribution in [0.5, 0.6) is 0 Å². The molecular formula is C14H20N2O2S. The van der Waals surface area contributed by atoms with Gasteiger partial charge < -0.3 is 4.90 Å². The number of carbonyl (C=O) groups is 1. The van der Waals surface area contributed by atoms with E-state index >= 15 is 0 Å². The van der Waals surface area contributed by atoms with E-state index in [-0.39, 0.29) is 18.1 Å². The van der Waals surface area contributed by atoms with Crippen molar-refractivity contribution in [3.63, 3.8) is 0 Å². The zero-order valence-electron chi connectivity index (χ0n) is 11.6. The molecule has 3 atom stereocenters. The monoisotopic (exact) mass is 280 g/mol. The fourth-order valence-corrected chi connectivity index (χ4v) is 2.81. The van der Waals surface area contributed by atoms with Crippen molar-refractivity contribution in [3.05, 3.63) is 35.4 Å². The van der Waals surface area contributed by atoms with E-state index in [1.165, 1.54) is 5.56 Å². The average molecular weight is 280 g/mol. The molecule has 1 amide bonds. The highest BCUT2D eigenvalue weighted by atomic mass is 32.2. The predicted molar refractivity (Wildman–Crippen MR) is 77.2 cm³/mol. The van der Waals surface area contributed by atoms with Gasteiger partial charge in [0.2, 0.25) is 5.91 Å². The van der Waals surface area contributed by atoms with Crippen LogP contribution in [0.2, 0.25) is 0 Å². The van der Waals surface area contributed by atoms with Crippen molar-refractivity contribution in [3.8, 4) is 0 Å². The first-order valence-electron chi connectivity index (χ1n) is 6.42. The van der Waals surface area contributed by atoms with E-state index in [4.69, 9.17) is 0 Å². The van der Waals surface area contributed by atoms with Crippen LogP contribution < -0.4 is 5.32 Å². The molecule has 1 saturated heterocycles. The molecule has 1 aliphatic rings. The van der Waals surface area contributed by atoms with Gasteiger partial charge in [-0.15, -0.1) is 0 Å². The SMILES string of the molecule is Cc1cccc(C2NC(C)C(=O)N2CCS(C)=O)c1. The summed E-state index contributed by atoms with van der Waals surface area (Å²) in [7, 11) is -0.885. The Bertz CT molecular complexity index is 504. The summed E-state index contributed by atoms with van der Waals surface area (Å²) in [5.41, 5.74) is 2.25. The summed E-state index contributed by atoms with van der Waals surface area (Å²) in [6, 6.07) is 7.95. The van der Waals surface area contributed by atoms with E-state index in [0.717, 1.165) is 5.56 Å². The largest absolute Gasteiger partial charge is 0.321 e. The Morgan fingerprint density at radius 2 is 2.16 bits per heavy atom. The van der Waals surface area contributed by atoms with Crippen LogP contribution in [0.25, 0.3) is 0 Å². The highest BCUT2D eigenvalue weighted by Crippen LogP contribution is 2.25. The molecule has 1 aliphatic heterocycles. The molecule has 0 aromatic heterocycles. The van der Waals surface area contributed by atoms with Crippen LogP contribution >= 0.6 is 0 Å². The number of nitrogens with one attached hydrogen (secondary N) is 1. The fraction of sp³-hybridized carbons (Fsp3) is 0.500. The summed E-state index contributed by atoms with van der Waals surface area (Å²) in [6.07, 6.45) is 1.56. The predicted octanol–water partition coefficient (Wildman–Crippen LogP) is 1.19. The van der Waals surface area contributed by atoms with Crippen LogP contribution in [-0.2, 0) is 15.6 Å². The van der Waals surface area contributed by atoms with Gasteiger partial charge in [0, 0.05) is 29.4 Å². The Hall–Kier alpha value is -1.20. The molecule has 0 saturated carbocycles. The van der Waals surface area contributed by atoms with Crippen LogP contribution in [0.1, 0.15) is 24.2 Å². The van der Waals surface area contributed by atoms with Gasteiger partial charge in [0.15, 0.2) is 0 Å². The third kappa shape index (κ3) is 3.22. The van der Waals surface area contributed by atoms with Crippen LogP contribution in [0.15, 0.2) is 24.3 Å². The third-order valence-electron chi connectivity index (χ3n) is 3.35. The molecule has 19 heavy (non-hydrogen) atoms. The number of nitrogens with zero attached hydrogens (tertiary/aromatic N) is 1. The van der Waals surface area contributed by atoms with Gasteiger partial charge in [-0.1, -0.05) is 29.8 Å². The smallest absolute Gasteiger partial charge is 0.241 e. The van der Waals surface area contributed by atoms with E-state index in [9.17, 15) is 9.00 Å². The molecule has 1 heterocycles. The van der Waals surface area contributed by atoms with E-state index < -0.39 is 10.8 Å². The summed E-state index contributed by atoms with van der Waals surface area (Å²) in [5, 5.41) is 3.30. The van der Waals surface area contributed by atoms with Crippen molar-refractivity contribution in [1.82, 2.24) is 10.2 Å². The number of rotatable bonds is 4. The lowest BCUT2D eigenvalue weighted by molar-refractivity contribution is -0.129. The molecule has 0 radical (unpaired) electrons. The molecule has 1 aromatic carbocycles. The summed E-state index contributed by atoms with van der Waals surface area (Å²) < 4.78 is 11.2. The molecule has 0 bridgehead atoms. The Morgan fingerprint density at radius 1 is 1.42 bits per heavy atom. The van der Waals surface area contributed by atoms with Gasteiger partial charge in [0.1, 0.15) is 6.17 Å². The second-order valence-electron chi connectivity index (χ2n) is 5.01. The number of hydrogen-bond donors (Lipinski definition) is 1. The molecule has 0 aliphatic carbocycles. The lowest BCUT2D eigenvalue weighted by atomic mass is 10.1. The fourth-order valence-electron chi connectivity index (χ4n) is 2.36. The molecule has 1 aromatic rings. The molecule has 4 nitrogen and oxygen atoms in total. The van der Waals surface area contributed by atoms with Gasteiger partial charge in [-0.05, 0) is 19.4 Å². The third-order valence-corrected chi connectivity index (χ3v) is 4.11. The van der Waals surface area contributed by atoms with Crippen molar-refractivity contribution < 1.29 is 9.00 Å². The number of aryl methyl sites for hydroxylation is 1. The maximum absolute atomic E-state index is 12.2. The van der Waals surface area contributed by atoms with Crippen molar-refractivity contribution in [2.24, 2.45) is 0 Å². The van der Waals surface area contributed by atoms with Gasteiger partial charge in [-0.25, -0.2) is 0 Å². The Labute approximate surface area is 116 Å². The van der Waals surface area contributed by atoms with Crippen molar-refractivity contribution >= 4 is 16.7 Å². The van der Waals surface area contributed by atoms with Crippen molar-refractivity contribution in [2.75, 3.05) is 18.6 Å². The first kappa shape index (κ1) is 14.2. The standard InChI is InChI=1S/C14H20N2O2S/c1-10-5-4-6-12(9-10)13-15-11(2)14(17)16(13)7-8-19(3)18/h4-6,9,11,13,15H,7-8H2,1-3H3. The van der Waals surface area contributed by atoms with Gasteiger partial charge in [-0.2, -0.15) is 0 Å². The van der Waals surface area contributed by atoms with Gasteiger partial charge in [-0.3, -0.25) is 14.3 Å². The zero-order valence-corrected chi connectivity index (χ0v) is 12.4. The van der Waals surface area contributed by atoms with Gasteiger partial charge >= 0.3 is 0 Å². The van der Waals surface area contributed by atoms with Crippen LogP contribution in [-0.4, -0.2) is 39.6 Å². The normalized spacial score (nSPS) is 24.8. The molecule has 5 heteroatoms. The molecule has 2 rings (SSSR count). The van der Waals surface area contributed by atoms with Gasteiger partial charge in [0.25, 0.3) is 0 Å². The Kier molecular flexibility index (Phi) is 4.37. The van der Waals surface area contributed by atoms with Crippen molar-refractivity contribution in [2.45, 2.75) is 26.1 Å². The minimum Gasteiger partial charge on any atom is -0.321 e. The average Bonchev–Trinajstić information content (AvgIpc) is 2.63. The molecule has 1 fully saturated rings. The van der Waals surface area contributed by atoms with E-state index in [1.54, 1.807) is 11.2 Å². The maximum atomic E-state index is 12.2. The second kappa shape index (κ2) is 5.84. The second-order valence-corrected chi connectivity index (χ2v) is 6.57. The van der Waals surface area contributed by atoms with E-state index in [2.05, 4.69) is 11.4 Å². The zero-order chi connectivity index (χ0) is 14.0. The minimum atomic E-state index is -0.885. The molecule has 0 spiro atoms. The quantitative estimate of drug-likeness (QED) is 0.901. The lowest BCUT2D eigenvalue weighted by Crippen LogP contribution is -2.33. The topological polar surface area (TPSA) is 49.4 Å². The van der Waals surface area contributed by atoms with E-state index in [0.29, 0.717) is 12.3 Å². The summed E-state index contributed by atoms with van der Waals surface area (Å²) in [5.74, 6) is 0.597. The van der Waals surface area contributed by atoms with Gasteiger partial charge in [0.05, 0.1) is 6.04 Å². The maximum Gasteiger partial charge on any atom is 0.241 e. The Morgan fingerprint density at radius 3 is 2.79 bits per heavy atom. The van der Waals surface area contributed by atoms with Crippen LogP contribution in [0, 0.1) is 6.92 Å². The minimum absolute atomic E-state index is 0.0805. The highest BCUT2D eigenvalue weighted by molar-refractivity contribution is 7.84. The van der Waals surface area contributed by atoms with E-state index in [1.807, 2.05) is 32.0 Å².